The number of ether oxygens (including phenoxy) is 4. The van der Waals surface area contributed by atoms with Crippen LogP contribution in [0.1, 0.15) is 35.1 Å². The number of fused-ring (bicyclic) bond motifs is 1. The molecule has 0 saturated carbocycles. The molecule has 0 aromatic heterocycles. The lowest BCUT2D eigenvalue weighted by atomic mass is 9.89. The second-order valence-electron chi connectivity index (χ2n) is 7.66. The molecule has 1 aliphatic rings. The lowest BCUT2D eigenvalue weighted by Gasteiger charge is -2.17. The van der Waals surface area contributed by atoms with Gasteiger partial charge in [-0.25, -0.2) is 0 Å². The molecule has 1 aliphatic carbocycles. The second-order valence-corrected chi connectivity index (χ2v) is 7.66. The number of nitrogens with one attached hydrogen (secondary N) is 1. The smallest absolute Gasteiger partial charge is 0.386 e. The van der Waals surface area contributed by atoms with Crippen molar-refractivity contribution in [3.63, 3.8) is 0 Å². The van der Waals surface area contributed by atoms with E-state index in [0.29, 0.717) is 30.0 Å². The molecule has 3 rings (SSSR count). The predicted molar refractivity (Wildman–Crippen MR) is 120 cm³/mol. The highest BCUT2D eigenvalue weighted by Crippen LogP contribution is 2.28. The minimum Gasteiger partial charge on any atom is -0.493 e. The summed E-state index contributed by atoms with van der Waals surface area (Å²) in [6.07, 6.45) is 5.48. The first kappa shape index (κ1) is 24.5. The predicted octanol–water partition coefficient (Wildman–Crippen LogP) is 4.50. The third-order valence-corrected chi connectivity index (χ3v) is 5.45. The zero-order valence-corrected chi connectivity index (χ0v) is 18.9. The van der Waals surface area contributed by atoms with Crippen LogP contribution in [0.2, 0.25) is 0 Å². The minimum atomic E-state index is -3.00. The van der Waals surface area contributed by atoms with E-state index in [4.69, 9.17) is 14.2 Å². The Balaban J connectivity index is 1.67. The highest BCUT2D eigenvalue weighted by molar-refractivity contribution is 6.19. The zero-order valence-electron chi connectivity index (χ0n) is 18.9. The Morgan fingerprint density at radius 2 is 1.85 bits per heavy atom. The molecule has 0 saturated heterocycles. The van der Waals surface area contributed by atoms with E-state index in [1.54, 1.807) is 19.2 Å². The lowest BCUT2D eigenvalue weighted by molar-refractivity contribution is -0.116. The van der Waals surface area contributed by atoms with Crippen LogP contribution in [0.4, 0.5) is 8.78 Å². The fourth-order valence-corrected chi connectivity index (χ4v) is 3.80. The molecule has 0 fully saturated rings. The molecule has 33 heavy (non-hydrogen) atoms. The summed E-state index contributed by atoms with van der Waals surface area (Å²) in [4.78, 5) is 12.8. The van der Waals surface area contributed by atoms with Gasteiger partial charge in [-0.2, -0.15) is 8.78 Å². The van der Waals surface area contributed by atoms with E-state index in [2.05, 4.69) is 10.1 Å². The van der Waals surface area contributed by atoms with Gasteiger partial charge < -0.3 is 24.3 Å². The van der Waals surface area contributed by atoms with Crippen LogP contribution in [0.3, 0.4) is 0 Å². The molecule has 0 atom stereocenters. The van der Waals surface area contributed by atoms with Crippen LogP contribution in [-0.2, 0) is 33.5 Å². The fraction of sp³-hybridized carbons (Fsp3) is 0.400. The van der Waals surface area contributed by atoms with Crippen LogP contribution in [0.25, 0.3) is 5.57 Å². The highest BCUT2D eigenvalue weighted by atomic mass is 19.3. The number of hydrogen-bond donors (Lipinski definition) is 1. The number of methoxy groups -OCH3 is 2. The van der Waals surface area contributed by atoms with Crippen molar-refractivity contribution in [1.82, 2.24) is 5.32 Å². The number of rotatable bonds is 11. The van der Waals surface area contributed by atoms with Gasteiger partial charge in [-0.05, 0) is 66.5 Å². The Bertz CT molecular complexity index is 977. The van der Waals surface area contributed by atoms with E-state index in [-0.39, 0.29) is 12.4 Å². The molecule has 0 aliphatic heterocycles. The van der Waals surface area contributed by atoms with E-state index < -0.39 is 12.5 Å². The third kappa shape index (κ3) is 6.92. The first-order valence-electron chi connectivity index (χ1n) is 10.8. The van der Waals surface area contributed by atoms with Gasteiger partial charge in [-0.3, -0.25) is 4.79 Å². The van der Waals surface area contributed by atoms with E-state index in [9.17, 15) is 13.6 Å². The lowest BCUT2D eigenvalue weighted by Crippen LogP contribution is -2.27. The molecule has 0 heterocycles. The molecule has 1 amide bonds. The zero-order chi connectivity index (χ0) is 23.6. The topological polar surface area (TPSA) is 66.0 Å². The largest absolute Gasteiger partial charge is 0.493 e. The Morgan fingerprint density at radius 3 is 2.58 bits per heavy atom. The van der Waals surface area contributed by atoms with Crippen molar-refractivity contribution in [3.8, 4) is 11.5 Å². The van der Waals surface area contributed by atoms with E-state index in [1.165, 1.54) is 12.7 Å². The van der Waals surface area contributed by atoms with Gasteiger partial charge in [0.15, 0.2) is 18.3 Å². The van der Waals surface area contributed by atoms with E-state index >= 15 is 0 Å². The van der Waals surface area contributed by atoms with Gasteiger partial charge in [-0.1, -0.05) is 24.3 Å². The average molecular weight is 462 g/mol. The number of amides is 1. The van der Waals surface area contributed by atoms with Crippen LogP contribution in [0, 0.1) is 0 Å². The second kappa shape index (κ2) is 12.2. The summed E-state index contributed by atoms with van der Waals surface area (Å²) in [6, 6.07) is 11.1. The van der Waals surface area contributed by atoms with Gasteiger partial charge in [0.05, 0.1) is 12.7 Å². The van der Waals surface area contributed by atoms with Crippen LogP contribution in [0.15, 0.2) is 42.7 Å². The molecule has 2 aromatic carbocycles. The monoisotopic (exact) mass is 461 g/mol. The summed E-state index contributed by atoms with van der Waals surface area (Å²) in [5.41, 5.74) is 3.95. The maximum atomic E-state index is 12.8. The Morgan fingerprint density at radius 1 is 1.06 bits per heavy atom. The van der Waals surface area contributed by atoms with Gasteiger partial charge in [0, 0.05) is 13.7 Å². The number of carbonyl (C=O) groups is 1. The normalized spacial score (nSPS) is 13.4. The summed E-state index contributed by atoms with van der Waals surface area (Å²) >= 11 is 0. The molecule has 0 radical (unpaired) electrons. The number of alkyl halides is 2. The maximum Gasteiger partial charge on any atom is 0.386 e. The van der Waals surface area contributed by atoms with Gasteiger partial charge >= 0.3 is 6.61 Å². The van der Waals surface area contributed by atoms with Crippen LogP contribution in [0.5, 0.6) is 11.5 Å². The summed E-state index contributed by atoms with van der Waals surface area (Å²) in [7, 11) is 3.07. The molecule has 6 nitrogen and oxygen atoms in total. The van der Waals surface area contributed by atoms with Gasteiger partial charge in [0.1, 0.15) is 6.26 Å². The average Bonchev–Trinajstić information content (AvgIpc) is 2.83. The molecule has 0 unspecified atom stereocenters. The SMILES string of the molecule is COCOc1ccc(CCNC(=O)/C(=C/OC(F)F)c2ccc3c(c2)CCCC3)cc1OC. The van der Waals surface area contributed by atoms with Crippen molar-refractivity contribution in [2.75, 3.05) is 27.6 Å². The molecule has 0 spiro atoms. The van der Waals surface area contributed by atoms with E-state index in [1.807, 2.05) is 24.3 Å². The van der Waals surface area contributed by atoms with Crippen molar-refractivity contribution >= 4 is 11.5 Å². The first-order valence-corrected chi connectivity index (χ1v) is 10.8. The molecular weight excluding hydrogens is 432 g/mol. The van der Waals surface area contributed by atoms with Crippen LogP contribution >= 0.6 is 0 Å². The fourth-order valence-electron chi connectivity index (χ4n) is 3.80. The third-order valence-electron chi connectivity index (χ3n) is 5.45. The van der Waals surface area contributed by atoms with Crippen LogP contribution in [-0.4, -0.2) is 40.1 Å². The maximum absolute atomic E-state index is 12.8. The van der Waals surface area contributed by atoms with Crippen molar-refractivity contribution in [2.45, 2.75) is 38.7 Å². The summed E-state index contributed by atoms with van der Waals surface area (Å²) in [6.45, 7) is -2.60. The van der Waals surface area contributed by atoms with Crippen LogP contribution < -0.4 is 14.8 Å². The first-order chi connectivity index (χ1) is 16.0. The molecular formula is C25H29F2NO5. The molecule has 2 aromatic rings. The van der Waals surface area contributed by atoms with E-state index in [0.717, 1.165) is 43.1 Å². The number of hydrogen-bond acceptors (Lipinski definition) is 5. The number of carbonyl (C=O) groups excluding carboxylic acids is 1. The molecule has 178 valence electrons. The van der Waals surface area contributed by atoms with Gasteiger partial charge in [-0.15, -0.1) is 0 Å². The number of aryl methyl sites for hydroxylation is 2. The summed E-state index contributed by atoms with van der Waals surface area (Å²) in [5.74, 6) is 0.628. The molecule has 0 bridgehead atoms. The van der Waals surface area contributed by atoms with Crippen molar-refractivity contribution in [2.24, 2.45) is 0 Å². The van der Waals surface area contributed by atoms with Crippen molar-refractivity contribution in [3.05, 3.63) is 64.9 Å². The Hall–Kier alpha value is -3.13. The quantitative estimate of drug-likeness (QED) is 0.303. The van der Waals surface area contributed by atoms with Gasteiger partial charge in [0.25, 0.3) is 5.91 Å². The molecule has 8 heteroatoms. The Kier molecular flexibility index (Phi) is 9.06. The highest BCUT2D eigenvalue weighted by Gasteiger charge is 2.17. The Labute approximate surface area is 192 Å². The molecule has 1 N–H and O–H groups in total. The standard InChI is InChI=1S/C25H29F2NO5/c1-30-16-33-22-10-7-17(13-23(22)31-2)11-12-28-24(29)21(15-32-25(26)27)20-9-8-18-5-3-4-6-19(18)14-20/h7-10,13-15,25H,3-6,11-12,16H2,1-2H3,(H,28,29)/b21-15+. The van der Waals surface area contributed by atoms with Crippen molar-refractivity contribution < 1.29 is 32.5 Å². The van der Waals surface area contributed by atoms with Crippen molar-refractivity contribution in [1.29, 1.82) is 0 Å². The van der Waals surface area contributed by atoms with Gasteiger partial charge in [0.2, 0.25) is 0 Å². The number of halogens is 2. The minimum absolute atomic E-state index is 0.0737. The number of benzene rings is 2. The summed E-state index contributed by atoms with van der Waals surface area (Å²) in [5, 5.41) is 2.80. The summed E-state index contributed by atoms with van der Waals surface area (Å²) < 4.78 is 45.4.